The van der Waals surface area contributed by atoms with Gasteiger partial charge in [0, 0.05) is 31.9 Å². The summed E-state index contributed by atoms with van der Waals surface area (Å²) < 4.78 is 12.7. The van der Waals surface area contributed by atoms with E-state index in [0.29, 0.717) is 5.69 Å². The van der Waals surface area contributed by atoms with Gasteiger partial charge in [-0.05, 0) is 30.8 Å². The number of piperazine rings is 1. The fourth-order valence-corrected chi connectivity index (χ4v) is 2.00. The zero-order valence-electron chi connectivity index (χ0n) is 10.5. The van der Waals surface area contributed by atoms with Gasteiger partial charge in [0.25, 0.3) is 0 Å². The Morgan fingerprint density at radius 2 is 1.83 bits per heavy atom. The van der Waals surface area contributed by atoms with Crippen LogP contribution in [0, 0.1) is 5.82 Å². The Kier molecular flexibility index (Phi) is 4.15. The summed E-state index contributed by atoms with van der Waals surface area (Å²) in [6, 6.07) is 5.69. The number of rotatable bonds is 2. The van der Waals surface area contributed by atoms with Gasteiger partial charge in [-0.1, -0.05) is 6.92 Å². The van der Waals surface area contributed by atoms with Crippen LogP contribution in [-0.4, -0.2) is 48.6 Å². The van der Waals surface area contributed by atoms with Gasteiger partial charge in [-0.2, -0.15) is 0 Å². The molecule has 1 N–H and O–H groups in total. The number of urea groups is 1. The smallest absolute Gasteiger partial charge is 0.321 e. The van der Waals surface area contributed by atoms with Crippen molar-refractivity contribution in [3.05, 3.63) is 30.1 Å². The van der Waals surface area contributed by atoms with Gasteiger partial charge in [0.2, 0.25) is 0 Å². The number of hydrogen-bond acceptors (Lipinski definition) is 2. The fraction of sp³-hybridized carbons (Fsp3) is 0.462. The van der Waals surface area contributed by atoms with Gasteiger partial charge in [0.1, 0.15) is 5.82 Å². The normalized spacial score (nSPS) is 16.7. The Hall–Kier alpha value is -1.62. The minimum atomic E-state index is -0.301. The molecule has 1 aliphatic rings. The summed E-state index contributed by atoms with van der Waals surface area (Å²) in [5.74, 6) is -0.301. The molecule has 0 bridgehead atoms. The van der Waals surface area contributed by atoms with Crippen molar-refractivity contribution >= 4 is 11.7 Å². The number of benzene rings is 1. The van der Waals surface area contributed by atoms with E-state index in [1.54, 1.807) is 17.0 Å². The minimum Gasteiger partial charge on any atom is -0.322 e. The van der Waals surface area contributed by atoms with Crippen molar-refractivity contribution < 1.29 is 9.18 Å². The second-order valence-corrected chi connectivity index (χ2v) is 4.36. The summed E-state index contributed by atoms with van der Waals surface area (Å²) in [6.07, 6.45) is 0. The second-order valence-electron chi connectivity index (χ2n) is 4.36. The maximum absolute atomic E-state index is 12.7. The lowest BCUT2D eigenvalue weighted by Crippen LogP contribution is -2.49. The number of anilines is 1. The van der Waals surface area contributed by atoms with Crippen LogP contribution < -0.4 is 5.32 Å². The van der Waals surface area contributed by atoms with Crippen molar-refractivity contribution in [3.8, 4) is 0 Å². The zero-order valence-corrected chi connectivity index (χ0v) is 10.5. The molecule has 18 heavy (non-hydrogen) atoms. The molecule has 1 aliphatic heterocycles. The van der Waals surface area contributed by atoms with Gasteiger partial charge in [-0.3, -0.25) is 0 Å². The predicted octanol–water partition coefficient (Wildman–Crippen LogP) is 2.00. The standard InChI is InChI=1S/C13H18FN3O/c1-2-16-7-9-17(10-8-16)13(18)15-12-5-3-11(14)4-6-12/h3-6H,2,7-10H2,1H3,(H,15,18). The van der Waals surface area contributed by atoms with Crippen molar-refractivity contribution in [2.24, 2.45) is 0 Å². The van der Waals surface area contributed by atoms with Gasteiger partial charge in [-0.15, -0.1) is 0 Å². The Morgan fingerprint density at radius 1 is 1.22 bits per heavy atom. The van der Waals surface area contributed by atoms with Crippen LogP contribution in [0.2, 0.25) is 0 Å². The molecule has 0 aromatic heterocycles. The summed E-state index contributed by atoms with van der Waals surface area (Å²) in [4.78, 5) is 16.0. The molecule has 0 radical (unpaired) electrons. The van der Waals surface area contributed by atoms with Gasteiger partial charge in [0.15, 0.2) is 0 Å². The lowest BCUT2D eigenvalue weighted by atomic mass is 10.3. The first-order valence-electron chi connectivity index (χ1n) is 6.23. The third-order valence-corrected chi connectivity index (χ3v) is 3.20. The Bertz CT molecular complexity index is 399. The summed E-state index contributed by atoms with van der Waals surface area (Å²) in [6.45, 7) is 6.43. The molecule has 2 amide bonds. The number of likely N-dealkylation sites (N-methyl/N-ethyl adjacent to an activating group) is 1. The summed E-state index contributed by atoms with van der Waals surface area (Å²) in [5.41, 5.74) is 0.624. The van der Waals surface area contributed by atoms with E-state index in [1.807, 2.05) is 0 Å². The molecular weight excluding hydrogens is 233 g/mol. The van der Waals surface area contributed by atoms with Crippen LogP contribution in [-0.2, 0) is 0 Å². The quantitative estimate of drug-likeness (QED) is 0.872. The first-order chi connectivity index (χ1) is 8.69. The third-order valence-electron chi connectivity index (χ3n) is 3.20. The highest BCUT2D eigenvalue weighted by molar-refractivity contribution is 5.89. The zero-order chi connectivity index (χ0) is 13.0. The fourth-order valence-electron chi connectivity index (χ4n) is 2.00. The number of hydrogen-bond donors (Lipinski definition) is 1. The number of carbonyl (C=O) groups excluding carboxylic acids is 1. The molecule has 1 heterocycles. The van der Waals surface area contributed by atoms with Crippen molar-refractivity contribution in [3.63, 3.8) is 0 Å². The predicted molar refractivity (Wildman–Crippen MR) is 69.1 cm³/mol. The molecule has 0 unspecified atom stereocenters. The van der Waals surface area contributed by atoms with E-state index in [4.69, 9.17) is 0 Å². The summed E-state index contributed by atoms with van der Waals surface area (Å²) >= 11 is 0. The minimum absolute atomic E-state index is 0.114. The first-order valence-corrected chi connectivity index (χ1v) is 6.23. The highest BCUT2D eigenvalue weighted by atomic mass is 19.1. The van der Waals surface area contributed by atoms with Crippen LogP contribution in [0.1, 0.15) is 6.92 Å². The maximum Gasteiger partial charge on any atom is 0.321 e. The molecule has 0 saturated carbocycles. The van der Waals surface area contributed by atoms with Crippen molar-refractivity contribution in [1.29, 1.82) is 0 Å². The molecule has 1 aromatic carbocycles. The third kappa shape index (κ3) is 3.20. The molecule has 1 fully saturated rings. The number of halogens is 1. The van der Waals surface area contributed by atoms with Crippen molar-refractivity contribution in [2.75, 3.05) is 38.0 Å². The van der Waals surface area contributed by atoms with Crippen LogP contribution in [0.5, 0.6) is 0 Å². The highest BCUT2D eigenvalue weighted by Gasteiger charge is 2.19. The van der Waals surface area contributed by atoms with Crippen LogP contribution in [0.25, 0.3) is 0 Å². The SMILES string of the molecule is CCN1CCN(C(=O)Nc2ccc(F)cc2)CC1. The van der Waals surface area contributed by atoms with E-state index in [2.05, 4.69) is 17.1 Å². The number of amides is 2. The monoisotopic (exact) mass is 251 g/mol. The van der Waals surface area contributed by atoms with Crippen molar-refractivity contribution in [1.82, 2.24) is 9.80 Å². The molecule has 0 atom stereocenters. The van der Waals surface area contributed by atoms with Crippen LogP contribution in [0.4, 0.5) is 14.9 Å². The van der Waals surface area contributed by atoms with E-state index < -0.39 is 0 Å². The molecule has 4 nitrogen and oxygen atoms in total. The molecular formula is C13H18FN3O. The molecule has 0 aliphatic carbocycles. The van der Waals surface area contributed by atoms with Gasteiger partial charge < -0.3 is 15.1 Å². The molecule has 1 aromatic rings. The Labute approximate surface area is 106 Å². The molecule has 2 rings (SSSR count). The van der Waals surface area contributed by atoms with Crippen LogP contribution in [0.15, 0.2) is 24.3 Å². The Balaban J connectivity index is 1.87. The van der Waals surface area contributed by atoms with E-state index in [-0.39, 0.29) is 11.8 Å². The van der Waals surface area contributed by atoms with Crippen LogP contribution in [0.3, 0.4) is 0 Å². The summed E-state index contributed by atoms with van der Waals surface area (Å²) in [7, 11) is 0. The van der Waals surface area contributed by atoms with Gasteiger partial charge >= 0.3 is 6.03 Å². The first kappa shape index (κ1) is 12.8. The average molecular weight is 251 g/mol. The van der Waals surface area contributed by atoms with Gasteiger partial charge in [-0.25, -0.2) is 9.18 Å². The molecule has 98 valence electrons. The number of carbonyl (C=O) groups is 1. The largest absolute Gasteiger partial charge is 0.322 e. The number of nitrogens with one attached hydrogen (secondary N) is 1. The average Bonchev–Trinajstić information content (AvgIpc) is 2.41. The molecule has 5 heteroatoms. The Morgan fingerprint density at radius 3 is 2.39 bits per heavy atom. The van der Waals surface area contributed by atoms with E-state index in [0.717, 1.165) is 32.7 Å². The van der Waals surface area contributed by atoms with Crippen molar-refractivity contribution in [2.45, 2.75) is 6.92 Å². The lowest BCUT2D eigenvalue weighted by Gasteiger charge is -2.33. The topological polar surface area (TPSA) is 35.6 Å². The number of nitrogens with zero attached hydrogens (tertiary/aromatic N) is 2. The van der Waals surface area contributed by atoms with Crippen LogP contribution >= 0.6 is 0 Å². The summed E-state index contributed by atoms with van der Waals surface area (Å²) in [5, 5.41) is 2.77. The molecule has 1 saturated heterocycles. The van der Waals surface area contributed by atoms with E-state index >= 15 is 0 Å². The lowest BCUT2D eigenvalue weighted by molar-refractivity contribution is 0.151. The molecule has 0 spiro atoms. The second kappa shape index (κ2) is 5.82. The van der Waals surface area contributed by atoms with E-state index in [9.17, 15) is 9.18 Å². The highest BCUT2D eigenvalue weighted by Crippen LogP contribution is 2.10. The maximum atomic E-state index is 12.7. The van der Waals surface area contributed by atoms with E-state index in [1.165, 1.54) is 12.1 Å². The van der Waals surface area contributed by atoms with Gasteiger partial charge in [0.05, 0.1) is 0 Å².